The zero-order chi connectivity index (χ0) is 19.5. The minimum Gasteiger partial charge on any atom is -0.449 e. The van der Waals surface area contributed by atoms with Crippen molar-refractivity contribution in [1.82, 2.24) is 4.90 Å². The number of nitrogens with zero attached hydrogens (tertiary/aromatic N) is 1. The Morgan fingerprint density at radius 1 is 1.23 bits per heavy atom. The van der Waals surface area contributed by atoms with Crippen molar-refractivity contribution in [2.75, 3.05) is 18.6 Å². The van der Waals surface area contributed by atoms with Crippen molar-refractivity contribution >= 4 is 21.7 Å². The third-order valence-corrected chi connectivity index (χ3v) is 5.80. The highest BCUT2D eigenvalue weighted by molar-refractivity contribution is 7.91. The molecule has 2 atom stereocenters. The maximum absolute atomic E-state index is 12.3. The van der Waals surface area contributed by atoms with Gasteiger partial charge < -0.3 is 14.4 Å². The minimum absolute atomic E-state index is 0.0243. The van der Waals surface area contributed by atoms with Crippen molar-refractivity contribution in [2.24, 2.45) is 0 Å². The largest absolute Gasteiger partial charge is 0.449 e. The molecule has 26 heavy (non-hydrogen) atoms. The smallest absolute Gasteiger partial charge is 0.387 e. The van der Waals surface area contributed by atoms with Crippen LogP contribution in [0, 0.1) is 0 Å². The van der Waals surface area contributed by atoms with Gasteiger partial charge in [-0.3, -0.25) is 4.79 Å². The molecule has 0 saturated carbocycles. The van der Waals surface area contributed by atoms with E-state index in [4.69, 9.17) is 4.74 Å². The second-order valence-electron chi connectivity index (χ2n) is 5.96. The Morgan fingerprint density at radius 2 is 1.85 bits per heavy atom. The Morgan fingerprint density at radius 3 is 2.35 bits per heavy atom. The van der Waals surface area contributed by atoms with Crippen LogP contribution in [0.1, 0.15) is 23.7 Å². The van der Waals surface area contributed by atoms with Crippen LogP contribution in [0.2, 0.25) is 0 Å². The maximum atomic E-state index is 12.3. The van der Waals surface area contributed by atoms with Crippen LogP contribution in [0.25, 0.3) is 0 Å². The predicted octanol–water partition coefficient (Wildman–Crippen LogP) is 1.48. The molecule has 0 spiro atoms. The summed E-state index contributed by atoms with van der Waals surface area (Å²) in [5.74, 6) is -1.51. The number of carbonyl (C=O) groups excluding carboxylic acids is 2. The summed E-state index contributed by atoms with van der Waals surface area (Å²) in [6.45, 7) is -1.59. The zero-order valence-electron chi connectivity index (χ0n) is 14.2. The van der Waals surface area contributed by atoms with E-state index in [9.17, 15) is 26.8 Å². The summed E-state index contributed by atoms with van der Waals surface area (Å²) in [4.78, 5) is 25.7. The molecule has 0 unspecified atom stereocenters. The van der Waals surface area contributed by atoms with Gasteiger partial charge in [0.05, 0.1) is 17.1 Å². The Hall–Kier alpha value is -2.23. The van der Waals surface area contributed by atoms with E-state index in [0.29, 0.717) is 6.42 Å². The highest BCUT2D eigenvalue weighted by Gasteiger charge is 2.35. The van der Waals surface area contributed by atoms with Crippen LogP contribution >= 0.6 is 0 Å². The quantitative estimate of drug-likeness (QED) is 0.683. The van der Waals surface area contributed by atoms with Gasteiger partial charge in [-0.2, -0.15) is 8.78 Å². The molecule has 10 heteroatoms. The van der Waals surface area contributed by atoms with Crippen LogP contribution < -0.4 is 4.74 Å². The number of esters is 1. The standard InChI is InChI=1S/C16H19F2NO6S/c1-10(14(20)19(2)12-7-8-26(22,23)9-12)24-15(21)11-3-5-13(6-4-11)25-16(17)18/h3-6,10,12,16H,7-9H2,1-2H3/t10-,12+/m0/s1. The minimum atomic E-state index is -3.15. The summed E-state index contributed by atoms with van der Waals surface area (Å²) in [6.07, 6.45) is -0.774. The molecule has 0 radical (unpaired) electrons. The van der Waals surface area contributed by atoms with Crippen LogP contribution in [0.15, 0.2) is 24.3 Å². The van der Waals surface area contributed by atoms with Crippen molar-refractivity contribution in [1.29, 1.82) is 0 Å². The van der Waals surface area contributed by atoms with Gasteiger partial charge in [-0.1, -0.05) is 0 Å². The second-order valence-corrected chi connectivity index (χ2v) is 8.19. The third kappa shape index (κ3) is 5.13. The Labute approximate surface area is 149 Å². The normalized spacial score (nSPS) is 19.8. The fourth-order valence-electron chi connectivity index (χ4n) is 2.60. The number of likely N-dealkylation sites (N-methyl/N-ethyl adjacent to an activating group) is 1. The molecule has 0 bridgehead atoms. The first-order chi connectivity index (χ1) is 12.1. The van der Waals surface area contributed by atoms with Crippen molar-refractivity contribution < 1.29 is 36.3 Å². The molecule has 0 aromatic heterocycles. The average molecular weight is 391 g/mol. The molecule has 144 valence electrons. The summed E-state index contributed by atoms with van der Waals surface area (Å²) in [7, 11) is -1.68. The maximum Gasteiger partial charge on any atom is 0.387 e. The van der Waals surface area contributed by atoms with Crippen LogP contribution in [0.5, 0.6) is 5.75 Å². The predicted molar refractivity (Wildman–Crippen MR) is 87.8 cm³/mol. The van der Waals surface area contributed by atoms with E-state index in [1.54, 1.807) is 0 Å². The van der Waals surface area contributed by atoms with Gasteiger partial charge in [-0.25, -0.2) is 13.2 Å². The third-order valence-electron chi connectivity index (χ3n) is 4.05. The Kier molecular flexibility index (Phi) is 6.17. The number of amides is 1. The topological polar surface area (TPSA) is 90.0 Å². The summed E-state index contributed by atoms with van der Waals surface area (Å²) in [5.41, 5.74) is 0.0670. The van der Waals surface area contributed by atoms with Crippen LogP contribution in [0.3, 0.4) is 0 Å². The molecule has 0 aliphatic carbocycles. The van der Waals surface area contributed by atoms with E-state index in [1.165, 1.54) is 43.1 Å². The number of alkyl halides is 2. The van der Waals surface area contributed by atoms with E-state index in [0.717, 1.165) is 0 Å². The van der Waals surface area contributed by atoms with Gasteiger partial charge in [0, 0.05) is 13.1 Å². The van der Waals surface area contributed by atoms with Gasteiger partial charge in [0.2, 0.25) is 0 Å². The van der Waals surface area contributed by atoms with Crippen LogP contribution in [0.4, 0.5) is 8.78 Å². The highest BCUT2D eigenvalue weighted by atomic mass is 32.2. The molecule has 1 aliphatic rings. The molecule has 7 nitrogen and oxygen atoms in total. The van der Waals surface area contributed by atoms with E-state index in [1.807, 2.05) is 0 Å². The van der Waals surface area contributed by atoms with E-state index in [-0.39, 0.29) is 22.8 Å². The molecule has 1 fully saturated rings. The summed E-state index contributed by atoms with van der Waals surface area (Å²) in [6, 6.07) is 4.41. The zero-order valence-corrected chi connectivity index (χ0v) is 15.0. The Balaban J connectivity index is 1.94. The fraction of sp³-hybridized carbons (Fsp3) is 0.500. The first-order valence-electron chi connectivity index (χ1n) is 7.82. The number of rotatable bonds is 6. The van der Waals surface area contributed by atoms with Crippen LogP contribution in [-0.4, -0.2) is 62.5 Å². The van der Waals surface area contributed by atoms with Crippen molar-refractivity contribution in [3.05, 3.63) is 29.8 Å². The van der Waals surface area contributed by atoms with Crippen molar-refractivity contribution in [3.63, 3.8) is 0 Å². The molecule has 1 saturated heterocycles. The highest BCUT2D eigenvalue weighted by Crippen LogP contribution is 2.19. The Bertz CT molecular complexity index is 765. The van der Waals surface area contributed by atoms with E-state index >= 15 is 0 Å². The number of hydrogen-bond donors (Lipinski definition) is 0. The van der Waals surface area contributed by atoms with E-state index in [2.05, 4.69) is 4.74 Å². The van der Waals surface area contributed by atoms with Gasteiger partial charge in [-0.05, 0) is 37.6 Å². The summed E-state index contributed by atoms with van der Waals surface area (Å²) in [5, 5.41) is 0. The number of ether oxygens (including phenoxy) is 2. The van der Waals surface area contributed by atoms with Gasteiger partial charge >= 0.3 is 12.6 Å². The molecule has 0 N–H and O–H groups in total. The van der Waals surface area contributed by atoms with Crippen molar-refractivity contribution in [2.45, 2.75) is 32.1 Å². The van der Waals surface area contributed by atoms with E-state index < -0.39 is 40.5 Å². The first kappa shape index (κ1) is 20.1. The fourth-order valence-corrected chi connectivity index (χ4v) is 4.37. The average Bonchev–Trinajstić information content (AvgIpc) is 2.93. The lowest BCUT2D eigenvalue weighted by molar-refractivity contribution is -0.140. The second kappa shape index (κ2) is 7.98. The first-order valence-corrected chi connectivity index (χ1v) is 9.64. The van der Waals surface area contributed by atoms with Gasteiger partial charge in [0.1, 0.15) is 5.75 Å². The lowest BCUT2D eigenvalue weighted by atomic mass is 10.2. The van der Waals surface area contributed by atoms with Crippen molar-refractivity contribution in [3.8, 4) is 5.75 Å². The molecule has 1 aliphatic heterocycles. The SMILES string of the molecule is C[C@H](OC(=O)c1ccc(OC(F)F)cc1)C(=O)N(C)[C@@H]1CCS(=O)(=O)C1. The summed E-state index contributed by atoms with van der Waals surface area (Å²) >= 11 is 0. The van der Waals surface area contributed by atoms with Gasteiger partial charge in [-0.15, -0.1) is 0 Å². The number of carbonyl (C=O) groups is 2. The molecular weight excluding hydrogens is 372 g/mol. The molecule has 1 amide bonds. The lowest BCUT2D eigenvalue weighted by Crippen LogP contribution is -2.44. The molecule has 2 rings (SSSR count). The monoisotopic (exact) mass is 391 g/mol. The van der Waals surface area contributed by atoms with Gasteiger partial charge in [0.25, 0.3) is 5.91 Å². The molecular formula is C16H19F2NO6S. The number of sulfone groups is 1. The number of benzene rings is 1. The number of hydrogen-bond acceptors (Lipinski definition) is 6. The summed E-state index contributed by atoms with van der Waals surface area (Å²) < 4.78 is 56.5. The molecule has 1 aromatic rings. The molecule has 1 heterocycles. The molecule has 1 aromatic carbocycles. The lowest BCUT2D eigenvalue weighted by Gasteiger charge is -2.26. The number of halogens is 2. The van der Waals surface area contributed by atoms with Gasteiger partial charge in [0.15, 0.2) is 15.9 Å². The van der Waals surface area contributed by atoms with Crippen LogP contribution in [-0.2, 0) is 19.4 Å².